The minimum absolute atomic E-state index is 0.298. The zero-order chi connectivity index (χ0) is 24.2. The summed E-state index contributed by atoms with van der Waals surface area (Å²) in [6, 6.07) is 5.94. The Morgan fingerprint density at radius 1 is 1.21 bits per heavy atom. The first-order valence-corrected chi connectivity index (χ1v) is 12.2. The maximum Gasteiger partial charge on any atom is 0.410 e. The highest BCUT2D eigenvalue weighted by Gasteiger charge is 2.24. The number of ether oxygens (including phenoxy) is 2. The molecule has 2 N–H and O–H groups in total. The van der Waals surface area contributed by atoms with Gasteiger partial charge in [-0.1, -0.05) is 29.3 Å². The summed E-state index contributed by atoms with van der Waals surface area (Å²) < 4.78 is 14.5. The lowest BCUT2D eigenvalue weighted by Gasteiger charge is -2.26. The number of anilines is 1. The van der Waals surface area contributed by atoms with Gasteiger partial charge in [0.05, 0.1) is 24.2 Å². The van der Waals surface area contributed by atoms with Gasteiger partial charge in [-0.3, -0.25) is 0 Å². The molecule has 0 aliphatic rings. The number of amides is 1. The van der Waals surface area contributed by atoms with E-state index in [0.717, 1.165) is 46.2 Å². The summed E-state index contributed by atoms with van der Waals surface area (Å²) >= 11 is 3.51. The van der Waals surface area contributed by atoms with Crippen molar-refractivity contribution >= 4 is 49.8 Å². The maximum absolute atomic E-state index is 12.8. The Hall–Kier alpha value is -2.39. The van der Waals surface area contributed by atoms with E-state index in [-0.39, 0.29) is 6.09 Å². The van der Waals surface area contributed by atoms with Crippen molar-refractivity contribution < 1.29 is 14.3 Å². The maximum atomic E-state index is 12.8. The molecule has 0 fully saturated rings. The molecule has 0 aliphatic carbocycles. The van der Waals surface area contributed by atoms with Crippen molar-refractivity contribution in [2.24, 2.45) is 0 Å². The summed E-state index contributed by atoms with van der Waals surface area (Å²) in [6.45, 7) is 12.3. The van der Waals surface area contributed by atoms with E-state index in [1.165, 1.54) is 0 Å². The van der Waals surface area contributed by atoms with Gasteiger partial charge in [0.25, 0.3) is 0 Å². The third-order valence-corrected chi connectivity index (χ3v) is 5.71. The standard InChI is InChI=1S/C24H34BrN5O3/c1-6-8-12-32-13-11-30-19(15-29(7-2)23(31)33-24(3,4)5)28-20-21(30)17-10-9-16(25)14-18(17)27-22(20)26/h9-10,14H,6-8,11-13,15H2,1-5H3,(H2,26,27). The number of fused-ring (bicyclic) bond motifs is 3. The van der Waals surface area contributed by atoms with Gasteiger partial charge in [0.15, 0.2) is 5.82 Å². The minimum Gasteiger partial charge on any atom is -0.444 e. The molecule has 1 aromatic carbocycles. The fourth-order valence-electron chi connectivity index (χ4n) is 3.60. The van der Waals surface area contributed by atoms with E-state index >= 15 is 0 Å². The summed E-state index contributed by atoms with van der Waals surface area (Å²) in [5.41, 5.74) is 8.06. The number of aromatic nitrogens is 3. The molecule has 0 unspecified atom stereocenters. The molecule has 0 aliphatic heterocycles. The average Bonchev–Trinajstić information content (AvgIpc) is 3.09. The Morgan fingerprint density at radius 2 is 1.97 bits per heavy atom. The molecule has 2 heterocycles. The lowest BCUT2D eigenvalue weighted by atomic mass is 10.2. The molecule has 8 nitrogen and oxygen atoms in total. The lowest BCUT2D eigenvalue weighted by molar-refractivity contribution is 0.0237. The van der Waals surface area contributed by atoms with Gasteiger partial charge >= 0.3 is 6.09 Å². The number of unbranched alkanes of at least 4 members (excludes halogenated alkanes) is 1. The number of nitrogen functional groups attached to an aromatic ring is 1. The topological polar surface area (TPSA) is 95.5 Å². The van der Waals surface area contributed by atoms with E-state index < -0.39 is 5.60 Å². The van der Waals surface area contributed by atoms with Crippen molar-refractivity contribution in [2.75, 3.05) is 25.5 Å². The van der Waals surface area contributed by atoms with Gasteiger partial charge in [-0.15, -0.1) is 0 Å². The van der Waals surface area contributed by atoms with Gasteiger partial charge in [-0.05, 0) is 52.3 Å². The molecule has 0 spiro atoms. The quantitative estimate of drug-likeness (QED) is 0.374. The molecule has 3 aromatic rings. The molecule has 0 bridgehead atoms. The van der Waals surface area contributed by atoms with E-state index in [1.807, 2.05) is 45.9 Å². The van der Waals surface area contributed by atoms with Crippen LogP contribution in [0.25, 0.3) is 21.9 Å². The first-order chi connectivity index (χ1) is 15.6. The number of nitrogens with zero attached hydrogens (tertiary/aromatic N) is 4. The molecule has 180 valence electrons. The largest absolute Gasteiger partial charge is 0.444 e. The molecular weight excluding hydrogens is 486 g/mol. The number of imidazole rings is 1. The minimum atomic E-state index is -0.574. The average molecular weight is 520 g/mol. The molecule has 2 aromatic heterocycles. The number of benzene rings is 1. The van der Waals surface area contributed by atoms with Gasteiger partial charge in [0.2, 0.25) is 0 Å². The van der Waals surface area contributed by atoms with E-state index in [2.05, 4.69) is 32.4 Å². The van der Waals surface area contributed by atoms with Crippen LogP contribution in [0.4, 0.5) is 10.6 Å². The monoisotopic (exact) mass is 519 g/mol. The second kappa shape index (κ2) is 10.7. The van der Waals surface area contributed by atoms with Crippen LogP contribution >= 0.6 is 15.9 Å². The van der Waals surface area contributed by atoms with Gasteiger partial charge in [0.1, 0.15) is 16.9 Å². The molecule has 9 heteroatoms. The van der Waals surface area contributed by atoms with Crippen molar-refractivity contribution in [3.63, 3.8) is 0 Å². The van der Waals surface area contributed by atoms with Crippen LogP contribution in [-0.2, 0) is 22.6 Å². The number of hydrogen-bond acceptors (Lipinski definition) is 6. The molecule has 0 saturated heterocycles. The lowest BCUT2D eigenvalue weighted by Crippen LogP contribution is -2.37. The van der Waals surface area contributed by atoms with Crippen molar-refractivity contribution in [3.8, 4) is 0 Å². The van der Waals surface area contributed by atoms with Crippen LogP contribution in [0.2, 0.25) is 0 Å². The molecule has 1 amide bonds. The molecule has 33 heavy (non-hydrogen) atoms. The second-order valence-electron chi connectivity index (χ2n) is 9.00. The van der Waals surface area contributed by atoms with Crippen molar-refractivity contribution in [3.05, 3.63) is 28.5 Å². The number of hydrogen-bond donors (Lipinski definition) is 1. The number of halogens is 1. The molecule has 3 rings (SSSR count). The van der Waals surface area contributed by atoms with Crippen LogP contribution in [0, 0.1) is 0 Å². The van der Waals surface area contributed by atoms with E-state index in [0.29, 0.717) is 37.6 Å². The fraction of sp³-hybridized carbons (Fsp3) is 0.542. The first-order valence-electron chi connectivity index (χ1n) is 11.4. The zero-order valence-electron chi connectivity index (χ0n) is 20.2. The van der Waals surface area contributed by atoms with Crippen LogP contribution < -0.4 is 5.73 Å². The second-order valence-corrected chi connectivity index (χ2v) is 9.91. The summed E-state index contributed by atoms with van der Waals surface area (Å²) in [4.78, 5) is 23.8. The van der Waals surface area contributed by atoms with Gasteiger partial charge in [-0.2, -0.15) is 0 Å². The number of nitrogens with two attached hydrogens (primary N) is 1. The Labute approximate surface area is 203 Å². The number of rotatable bonds is 9. The zero-order valence-corrected chi connectivity index (χ0v) is 21.7. The van der Waals surface area contributed by atoms with Crippen LogP contribution in [0.1, 0.15) is 53.3 Å². The highest BCUT2D eigenvalue weighted by molar-refractivity contribution is 9.10. The Morgan fingerprint density at radius 3 is 2.64 bits per heavy atom. The highest BCUT2D eigenvalue weighted by atomic mass is 79.9. The third kappa shape index (κ3) is 6.14. The molecule has 0 saturated carbocycles. The SMILES string of the molecule is CCCCOCCn1c(CN(CC)C(=O)OC(C)(C)C)nc2c(N)nc3cc(Br)ccc3c21. The smallest absolute Gasteiger partial charge is 0.410 e. The fourth-order valence-corrected chi connectivity index (χ4v) is 3.95. The molecule has 0 radical (unpaired) electrons. The first kappa shape index (κ1) is 25.2. The highest BCUT2D eigenvalue weighted by Crippen LogP contribution is 2.31. The van der Waals surface area contributed by atoms with Crippen LogP contribution in [-0.4, -0.2) is 50.9 Å². The predicted molar refractivity (Wildman–Crippen MR) is 135 cm³/mol. The van der Waals surface area contributed by atoms with E-state index in [1.54, 1.807) is 4.90 Å². The number of carbonyl (C=O) groups excluding carboxylic acids is 1. The normalized spacial score (nSPS) is 11.9. The van der Waals surface area contributed by atoms with E-state index in [4.69, 9.17) is 20.2 Å². The van der Waals surface area contributed by atoms with Gasteiger partial charge in [-0.25, -0.2) is 14.8 Å². The van der Waals surface area contributed by atoms with Crippen LogP contribution in [0.15, 0.2) is 22.7 Å². The Kier molecular flexibility index (Phi) is 8.18. The van der Waals surface area contributed by atoms with Gasteiger partial charge < -0.3 is 24.7 Å². The Bertz CT molecular complexity index is 1120. The van der Waals surface area contributed by atoms with E-state index in [9.17, 15) is 4.79 Å². The van der Waals surface area contributed by atoms with Crippen molar-refractivity contribution in [1.82, 2.24) is 19.4 Å². The van der Waals surface area contributed by atoms with Crippen LogP contribution in [0.5, 0.6) is 0 Å². The van der Waals surface area contributed by atoms with Crippen molar-refractivity contribution in [2.45, 2.75) is 66.2 Å². The predicted octanol–water partition coefficient (Wildman–Crippen LogP) is 5.50. The summed E-state index contributed by atoms with van der Waals surface area (Å²) in [7, 11) is 0. The van der Waals surface area contributed by atoms with Gasteiger partial charge in [0, 0.05) is 29.6 Å². The third-order valence-electron chi connectivity index (χ3n) is 5.21. The summed E-state index contributed by atoms with van der Waals surface area (Å²) in [5.74, 6) is 1.09. The molecule has 0 atom stereocenters. The van der Waals surface area contributed by atoms with Crippen LogP contribution in [0.3, 0.4) is 0 Å². The summed E-state index contributed by atoms with van der Waals surface area (Å²) in [6.07, 6.45) is 1.73. The van der Waals surface area contributed by atoms with Crippen molar-refractivity contribution in [1.29, 1.82) is 0 Å². The Balaban J connectivity index is 2.05. The molecular formula is C24H34BrN5O3. The number of carbonyl (C=O) groups is 1. The summed E-state index contributed by atoms with van der Waals surface area (Å²) in [5, 5.41) is 0.954. The number of pyridine rings is 1.